The first-order valence-electron chi connectivity index (χ1n) is 13.3. The van der Waals surface area contributed by atoms with E-state index in [-0.39, 0.29) is 0 Å². The third-order valence-electron chi connectivity index (χ3n) is 6.95. The molecule has 0 spiro atoms. The van der Waals surface area contributed by atoms with Crippen molar-refractivity contribution in [2.45, 2.75) is 6.92 Å². The van der Waals surface area contributed by atoms with Gasteiger partial charge in [0.2, 0.25) is 0 Å². The number of hydrogen-bond donors (Lipinski definition) is 0. The summed E-state index contributed by atoms with van der Waals surface area (Å²) in [6.07, 6.45) is 0. The predicted molar refractivity (Wildman–Crippen MR) is 174 cm³/mol. The summed E-state index contributed by atoms with van der Waals surface area (Å²) in [5.41, 5.74) is 4.00. The van der Waals surface area contributed by atoms with Crippen LogP contribution in [0.4, 0.5) is 0 Å². The fraction of sp³-hybridized carbons (Fsp3) is 0.0270. The lowest BCUT2D eigenvalue weighted by Crippen LogP contribution is -2.26. The second-order valence-electron chi connectivity index (χ2n) is 9.50. The number of hydrogen-bond acceptors (Lipinski definition) is 0. The molecule has 0 aliphatic heterocycles. The van der Waals surface area contributed by atoms with Crippen molar-refractivity contribution >= 4 is 47.7 Å². The molecule has 0 N–H and O–H groups in total. The third kappa shape index (κ3) is 5.37. The Morgan fingerprint density at radius 2 is 0.718 bits per heavy atom. The molecule has 0 aromatic heterocycles. The van der Waals surface area contributed by atoms with E-state index in [0.29, 0.717) is 0 Å². The predicted octanol–water partition coefficient (Wildman–Crippen LogP) is 7.18. The monoisotopic (exact) mass is 536 g/mol. The molecule has 0 aliphatic rings. The summed E-state index contributed by atoms with van der Waals surface area (Å²) in [7, 11) is -1.48. The molecule has 6 rings (SSSR count). The molecule has 188 valence electrons. The van der Waals surface area contributed by atoms with Crippen molar-refractivity contribution in [2.24, 2.45) is 0 Å². The van der Waals surface area contributed by atoms with Crippen LogP contribution in [0.1, 0.15) is 5.56 Å². The van der Waals surface area contributed by atoms with Gasteiger partial charge in [-0.15, -0.1) is 0 Å². The van der Waals surface area contributed by atoms with Crippen LogP contribution in [0.25, 0.3) is 11.1 Å². The van der Waals surface area contributed by atoms with Gasteiger partial charge in [-0.3, -0.25) is 0 Å². The zero-order valence-electron chi connectivity index (χ0n) is 22.0. The van der Waals surface area contributed by atoms with Crippen LogP contribution in [-0.2, 0) is 0 Å². The van der Waals surface area contributed by atoms with Gasteiger partial charge in [-0.05, 0) is 71.3 Å². The van der Waals surface area contributed by atoms with Crippen LogP contribution < -0.4 is 31.8 Å². The summed E-state index contributed by atoms with van der Waals surface area (Å²) >= 11 is 0. The Balaban J connectivity index is 1.61. The summed E-state index contributed by atoms with van der Waals surface area (Å²) in [6.45, 7) is 2.28. The molecule has 0 atom stereocenters. The number of rotatable bonds is 7. The zero-order chi connectivity index (χ0) is 26.4. The molecule has 0 aliphatic carbocycles. The van der Waals surface area contributed by atoms with Crippen molar-refractivity contribution in [3.8, 4) is 11.1 Å². The molecule has 0 nitrogen and oxygen atoms in total. The standard InChI is InChI=1S/C37H30P2/c1-29-17-16-27-35(37(29)39(32-22-10-4-11-23-32)33-24-12-5-13-25-33)34-26-14-15-28-36(34)38(30-18-6-2-7-19-30)31-20-8-3-9-21-31/h2-28H,1H3. The summed E-state index contributed by atoms with van der Waals surface area (Å²) in [6, 6.07) is 60.0. The van der Waals surface area contributed by atoms with Crippen LogP contribution in [0.2, 0.25) is 0 Å². The second-order valence-corrected chi connectivity index (χ2v) is 13.8. The number of aryl methyl sites for hydroxylation is 1. The van der Waals surface area contributed by atoms with Gasteiger partial charge in [0.25, 0.3) is 0 Å². The third-order valence-corrected chi connectivity index (χ3v) is 12.1. The minimum atomic E-state index is -0.744. The van der Waals surface area contributed by atoms with Gasteiger partial charge in [-0.2, -0.15) is 0 Å². The molecule has 0 heterocycles. The topological polar surface area (TPSA) is 0 Å². The molecule has 0 amide bonds. The van der Waals surface area contributed by atoms with Crippen molar-refractivity contribution in [1.82, 2.24) is 0 Å². The lowest BCUT2D eigenvalue weighted by atomic mass is 10.0. The summed E-state index contributed by atoms with van der Waals surface area (Å²) in [5.74, 6) is 0. The van der Waals surface area contributed by atoms with E-state index in [0.717, 1.165) is 0 Å². The lowest BCUT2D eigenvalue weighted by Gasteiger charge is -2.27. The maximum absolute atomic E-state index is 2.35. The molecule has 0 saturated carbocycles. The van der Waals surface area contributed by atoms with Crippen molar-refractivity contribution in [3.63, 3.8) is 0 Å². The summed E-state index contributed by atoms with van der Waals surface area (Å²) in [5, 5.41) is 8.32. The highest BCUT2D eigenvalue weighted by molar-refractivity contribution is 7.80. The highest BCUT2D eigenvalue weighted by atomic mass is 31.1. The van der Waals surface area contributed by atoms with Crippen LogP contribution >= 0.6 is 15.8 Å². The molecule has 0 unspecified atom stereocenters. The maximum Gasteiger partial charge on any atom is -0.00431 e. The van der Waals surface area contributed by atoms with Crippen LogP contribution in [-0.4, -0.2) is 0 Å². The van der Waals surface area contributed by atoms with Crippen LogP contribution in [0, 0.1) is 6.92 Å². The van der Waals surface area contributed by atoms with E-state index in [1.54, 1.807) is 0 Å². The van der Waals surface area contributed by atoms with E-state index in [2.05, 4.69) is 171 Å². The van der Waals surface area contributed by atoms with Crippen LogP contribution in [0.15, 0.2) is 164 Å². The van der Waals surface area contributed by atoms with E-state index in [9.17, 15) is 0 Å². The Morgan fingerprint density at radius 1 is 0.333 bits per heavy atom. The smallest absolute Gasteiger partial charge is 0.00431 e. The first-order valence-corrected chi connectivity index (χ1v) is 16.0. The van der Waals surface area contributed by atoms with Gasteiger partial charge in [-0.1, -0.05) is 164 Å². The normalized spacial score (nSPS) is 11.2. The fourth-order valence-corrected chi connectivity index (χ4v) is 10.3. The molecule has 6 aromatic rings. The molecule has 2 heteroatoms. The summed E-state index contributed by atoms with van der Waals surface area (Å²) < 4.78 is 0. The van der Waals surface area contributed by atoms with Crippen molar-refractivity contribution in [1.29, 1.82) is 0 Å². The van der Waals surface area contributed by atoms with E-state index in [1.165, 1.54) is 48.5 Å². The highest BCUT2D eigenvalue weighted by Gasteiger charge is 2.25. The van der Waals surface area contributed by atoms with Crippen LogP contribution in [0.3, 0.4) is 0 Å². The Kier molecular flexibility index (Phi) is 7.78. The van der Waals surface area contributed by atoms with Crippen molar-refractivity contribution in [3.05, 3.63) is 169 Å². The molecule has 39 heavy (non-hydrogen) atoms. The maximum atomic E-state index is 2.35. The van der Waals surface area contributed by atoms with E-state index < -0.39 is 15.8 Å². The lowest BCUT2D eigenvalue weighted by molar-refractivity contribution is 1.51. The van der Waals surface area contributed by atoms with Gasteiger partial charge < -0.3 is 0 Å². The van der Waals surface area contributed by atoms with Gasteiger partial charge in [0, 0.05) is 0 Å². The van der Waals surface area contributed by atoms with E-state index in [4.69, 9.17) is 0 Å². The average molecular weight is 537 g/mol. The van der Waals surface area contributed by atoms with Gasteiger partial charge in [0.05, 0.1) is 0 Å². The molecule has 0 saturated heterocycles. The molecular weight excluding hydrogens is 506 g/mol. The molecule has 0 fully saturated rings. The van der Waals surface area contributed by atoms with Crippen LogP contribution in [0.5, 0.6) is 0 Å². The van der Waals surface area contributed by atoms with E-state index in [1.807, 2.05) is 0 Å². The Labute approximate surface area is 234 Å². The van der Waals surface area contributed by atoms with Crippen molar-refractivity contribution in [2.75, 3.05) is 0 Å². The Hall–Kier alpha value is -3.82. The van der Waals surface area contributed by atoms with Gasteiger partial charge >= 0.3 is 0 Å². The Morgan fingerprint density at radius 3 is 1.21 bits per heavy atom. The minimum Gasteiger partial charge on any atom is -0.0622 e. The quantitative estimate of drug-likeness (QED) is 0.190. The minimum absolute atomic E-state index is 0.733. The first kappa shape index (κ1) is 25.5. The summed E-state index contributed by atoms with van der Waals surface area (Å²) in [4.78, 5) is 0. The van der Waals surface area contributed by atoms with E-state index >= 15 is 0 Å². The van der Waals surface area contributed by atoms with Gasteiger partial charge in [0.15, 0.2) is 0 Å². The molecule has 6 aromatic carbocycles. The van der Waals surface area contributed by atoms with Gasteiger partial charge in [-0.25, -0.2) is 0 Å². The molecule has 0 bridgehead atoms. The zero-order valence-corrected chi connectivity index (χ0v) is 23.8. The van der Waals surface area contributed by atoms with Gasteiger partial charge in [0.1, 0.15) is 0 Å². The Bertz CT molecular complexity index is 1570. The fourth-order valence-electron chi connectivity index (χ4n) is 5.21. The largest absolute Gasteiger partial charge is 0.0622 e. The average Bonchev–Trinajstić information content (AvgIpc) is 3.01. The molecule has 0 radical (unpaired) electrons. The first-order chi connectivity index (χ1) is 19.3. The highest BCUT2D eigenvalue weighted by Crippen LogP contribution is 2.41. The number of benzene rings is 6. The SMILES string of the molecule is Cc1cccc(-c2ccccc2P(c2ccccc2)c2ccccc2)c1P(c1ccccc1)c1ccccc1. The second kappa shape index (κ2) is 11.9. The van der Waals surface area contributed by atoms with Crippen molar-refractivity contribution < 1.29 is 0 Å². The molecular formula is C37H30P2.